The number of imide groups is 2. The molecule has 1 atom stereocenters. The van der Waals surface area contributed by atoms with E-state index in [1.54, 1.807) is 24.3 Å². The lowest BCUT2D eigenvalue weighted by molar-refractivity contribution is -0.136. The molecule has 0 bridgehead atoms. The Hall–Kier alpha value is -4.57. The molecule has 9 nitrogen and oxygen atoms in total. The number of anilines is 2. The van der Waals surface area contributed by atoms with Crippen LogP contribution in [-0.2, 0) is 22.7 Å². The number of hydrogen-bond donors (Lipinski definition) is 2. The van der Waals surface area contributed by atoms with Gasteiger partial charge in [0.2, 0.25) is 11.8 Å². The van der Waals surface area contributed by atoms with Crippen molar-refractivity contribution >= 4 is 35.0 Å². The summed E-state index contributed by atoms with van der Waals surface area (Å²) in [7, 11) is 0. The number of nitrogens with one attached hydrogen (secondary N) is 2. The molecule has 3 heterocycles. The van der Waals surface area contributed by atoms with Crippen LogP contribution >= 0.6 is 0 Å². The Bertz CT molecular complexity index is 1630. The zero-order valence-electron chi connectivity index (χ0n) is 24.3. The van der Waals surface area contributed by atoms with Gasteiger partial charge in [0.1, 0.15) is 11.9 Å². The van der Waals surface area contributed by atoms with Gasteiger partial charge in [-0.1, -0.05) is 30.3 Å². The van der Waals surface area contributed by atoms with Crippen LogP contribution in [0.4, 0.5) is 15.8 Å². The summed E-state index contributed by atoms with van der Waals surface area (Å²) in [5, 5.41) is 5.53. The summed E-state index contributed by atoms with van der Waals surface area (Å²) in [5.41, 5.74) is 6.00. The number of amides is 4. The van der Waals surface area contributed by atoms with Crippen LogP contribution in [0.3, 0.4) is 0 Å². The van der Waals surface area contributed by atoms with E-state index in [-0.39, 0.29) is 29.8 Å². The van der Waals surface area contributed by atoms with E-state index >= 15 is 0 Å². The van der Waals surface area contributed by atoms with Gasteiger partial charge < -0.3 is 10.2 Å². The number of carbonyl (C=O) groups excluding carboxylic acids is 4. The molecule has 43 heavy (non-hydrogen) atoms. The third-order valence-corrected chi connectivity index (χ3v) is 8.57. The maximum atomic E-state index is 14.4. The Morgan fingerprint density at radius 1 is 0.930 bits per heavy atom. The molecule has 222 valence electrons. The molecule has 2 fully saturated rings. The van der Waals surface area contributed by atoms with E-state index in [0.717, 1.165) is 54.3 Å². The second-order valence-corrected chi connectivity index (χ2v) is 11.5. The lowest BCUT2D eigenvalue weighted by Gasteiger charge is -2.36. The lowest BCUT2D eigenvalue weighted by Crippen LogP contribution is -2.54. The van der Waals surface area contributed by atoms with Crippen molar-refractivity contribution in [2.24, 2.45) is 0 Å². The Morgan fingerprint density at radius 3 is 2.44 bits per heavy atom. The molecule has 0 saturated carbocycles. The molecule has 0 radical (unpaired) electrons. The molecular weight excluding hydrogens is 549 g/mol. The van der Waals surface area contributed by atoms with Crippen molar-refractivity contribution in [3.63, 3.8) is 0 Å². The number of benzene rings is 3. The van der Waals surface area contributed by atoms with Crippen LogP contribution in [0.2, 0.25) is 0 Å². The molecule has 0 aliphatic carbocycles. The predicted molar refractivity (Wildman–Crippen MR) is 160 cm³/mol. The average Bonchev–Trinajstić information content (AvgIpc) is 3.23. The third kappa shape index (κ3) is 5.62. The Kier molecular flexibility index (Phi) is 7.70. The highest BCUT2D eigenvalue weighted by Gasteiger charge is 2.45. The second-order valence-electron chi connectivity index (χ2n) is 11.5. The maximum absolute atomic E-state index is 14.4. The molecule has 3 aliphatic heterocycles. The number of halogens is 1. The summed E-state index contributed by atoms with van der Waals surface area (Å²) in [6.07, 6.45) is 0.194. The van der Waals surface area contributed by atoms with Crippen molar-refractivity contribution in [2.45, 2.75) is 45.8 Å². The van der Waals surface area contributed by atoms with Gasteiger partial charge in [-0.25, -0.2) is 4.39 Å². The molecule has 2 saturated heterocycles. The minimum atomic E-state index is -1.00. The molecule has 10 heteroatoms. The van der Waals surface area contributed by atoms with Gasteiger partial charge in [-0.15, -0.1) is 0 Å². The fourth-order valence-electron chi connectivity index (χ4n) is 6.16. The van der Waals surface area contributed by atoms with Crippen molar-refractivity contribution in [1.29, 1.82) is 0 Å². The number of piperazine rings is 1. The Labute approximate surface area is 249 Å². The van der Waals surface area contributed by atoms with Gasteiger partial charge in [-0.05, 0) is 66.8 Å². The zero-order chi connectivity index (χ0) is 30.2. The first-order valence-electron chi connectivity index (χ1n) is 14.6. The van der Waals surface area contributed by atoms with E-state index in [1.165, 1.54) is 5.56 Å². The number of piperidine rings is 1. The summed E-state index contributed by atoms with van der Waals surface area (Å²) < 4.78 is 14.4. The van der Waals surface area contributed by atoms with E-state index < -0.39 is 29.7 Å². The van der Waals surface area contributed by atoms with E-state index in [9.17, 15) is 23.6 Å². The number of aryl methyl sites for hydroxylation is 2. The molecule has 4 amide bonds. The average molecular weight is 584 g/mol. The monoisotopic (exact) mass is 583 g/mol. The number of hydrogen-bond acceptors (Lipinski definition) is 7. The van der Waals surface area contributed by atoms with Crippen LogP contribution in [0.5, 0.6) is 0 Å². The topological polar surface area (TPSA) is 102 Å². The SMILES string of the molecule is Cc1ccc(N2CCN(Cc3ccc(CNc4cccc5c4C(=O)N(C4CCC(=O)NC4=O)C5=O)cc3C)CC2)c(F)c1. The predicted octanol–water partition coefficient (Wildman–Crippen LogP) is 3.78. The van der Waals surface area contributed by atoms with Gasteiger partial charge in [-0.2, -0.15) is 0 Å². The molecule has 3 aromatic carbocycles. The van der Waals surface area contributed by atoms with Gasteiger partial charge in [0.15, 0.2) is 0 Å². The Balaban J connectivity index is 1.08. The van der Waals surface area contributed by atoms with Crippen LogP contribution in [0.25, 0.3) is 0 Å². The van der Waals surface area contributed by atoms with Crippen LogP contribution in [-0.4, -0.2) is 65.6 Å². The minimum Gasteiger partial charge on any atom is -0.380 e. The number of nitrogens with zero attached hydrogens (tertiary/aromatic N) is 3. The first-order valence-corrected chi connectivity index (χ1v) is 14.6. The molecular formula is C33H34FN5O4. The van der Waals surface area contributed by atoms with Gasteiger partial charge in [0.05, 0.1) is 16.8 Å². The summed E-state index contributed by atoms with van der Waals surface area (Å²) in [6, 6.07) is 15.7. The van der Waals surface area contributed by atoms with Crippen molar-refractivity contribution in [3.05, 3.63) is 93.8 Å². The van der Waals surface area contributed by atoms with Crippen LogP contribution < -0.4 is 15.5 Å². The Morgan fingerprint density at radius 2 is 1.72 bits per heavy atom. The van der Waals surface area contributed by atoms with Crippen molar-refractivity contribution in [2.75, 3.05) is 36.4 Å². The largest absolute Gasteiger partial charge is 0.380 e. The van der Waals surface area contributed by atoms with Crippen molar-refractivity contribution < 1.29 is 23.6 Å². The molecule has 3 aromatic rings. The minimum absolute atomic E-state index is 0.0773. The maximum Gasteiger partial charge on any atom is 0.264 e. The molecule has 6 rings (SSSR count). The highest BCUT2D eigenvalue weighted by atomic mass is 19.1. The molecule has 0 spiro atoms. The number of fused-ring (bicyclic) bond motifs is 1. The summed E-state index contributed by atoms with van der Waals surface area (Å²) >= 11 is 0. The van der Waals surface area contributed by atoms with E-state index in [4.69, 9.17) is 0 Å². The molecule has 1 unspecified atom stereocenters. The number of rotatable bonds is 7. The van der Waals surface area contributed by atoms with Crippen LogP contribution in [0, 0.1) is 19.7 Å². The fraction of sp³-hybridized carbons (Fsp3) is 0.333. The second kappa shape index (κ2) is 11.6. The molecule has 2 N–H and O–H groups in total. The van der Waals surface area contributed by atoms with E-state index in [2.05, 4.69) is 45.6 Å². The van der Waals surface area contributed by atoms with Crippen molar-refractivity contribution in [3.8, 4) is 0 Å². The van der Waals surface area contributed by atoms with Gasteiger partial charge >= 0.3 is 0 Å². The first-order chi connectivity index (χ1) is 20.7. The molecule has 3 aliphatic rings. The smallest absolute Gasteiger partial charge is 0.264 e. The van der Waals surface area contributed by atoms with Gasteiger partial charge in [0.25, 0.3) is 11.8 Å². The summed E-state index contributed by atoms with van der Waals surface area (Å²) in [6.45, 7) is 8.45. The van der Waals surface area contributed by atoms with Crippen LogP contribution in [0.1, 0.15) is 55.8 Å². The third-order valence-electron chi connectivity index (χ3n) is 8.57. The highest BCUT2D eigenvalue weighted by molar-refractivity contribution is 6.25. The summed E-state index contributed by atoms with van der Waals surface area (Å²) in [4.78, 5) is 55.9. The molecule has 0 aromatic heterocycles. The first kappa shape index (κ1) is 28.5. The normalized spacial score (nSPS) is 19.1. The highest BCUT2D eigenvalue weighted by Crippen LogP contribution is 2.33. The van der Waals surface area contributed by atoms with Gasteiger partial charge in [-0.3, -0.25) is 34.3 Å². The summed E-state index contributed by atoms with van der Waals surface area (Å²) in [5.74, 6) is -2.26. The zero-order valence-corrected chi connectivity index (χ0v) is 24.3. The lowest BCUT2D eigenvalue weighted by atomic mass is 10.0. The standard InChI is InChI=1S/C33H34FN5O4/c1-20-6-9-27(25(34)16-20)38-14-12-37(13-15-38)19-23-8-7-22(17-21(23)2)18-35-26-5-3-4-24-30(26)33(43)39(32(24)42)28-10-11-29(40)36-31(28)41/h3-9,16-17,28,35H,10-15,18-19H2,1-2H3,(H,36,40,41). The van der Waals surface area contributed by atoms with Crippen molar-refractivity contribution in [1.82, 2.24) is 15.1 Å². The van der Waals surface area contributed by atoms with Gasteiger partial charge in [0, 0.05) is 51.4 Å². The van der Waals surface area contributed by atoms with E-state index in [0.29, 0.717) is 17.9 Å². The fourth-order valence-corrected chi connectivity index (χ4v) is 6.16. The quantitative estimate of drug-likeness (QED) is 0.409. The van der Waals surface area contributed by atoms with Crippen LogP contribution in [0.15, 0.2) is 54.6 Å². The number of carbonyl (C=O) groups is 4. The van der Waals surface area contributed by atoms with E-state index in [1.807, 2.05) is 19.1 Å².